The maximum Gasteiger partial charge on any atom is 0.410 e. The molecule has 6 fully saturated rings. The molecule has 0 aromatic carbocycles. The number of pyridine rings is 2. The van der Waals surface area contributed by atoms with Gasteiger partial charge < -0.3 is 61.9 Å². The second kappa shape index (κ2) is 29.3. The minimum absolute atomic E-state index is 0.00687. The first-order valence-electron chi connectivity index (χ1n) is 30.9. The zero-order chi connectivity index (χ0) is 64.3. The summed E-state index contributed by atoms with van der Waals surface area (Å²) in [6, 6.07) is 7.17. The number of rotatable bonds is 15. The van der Waals surface area contributed by atoms with Crippen molar-refractivity contribution in [2.24, 2.45) is 17.8 Å². The highest BCUT2D eigenvalue weighted by molar-refractivity contribution is 6.29. The Kier molecular flexibility index (Phi) is 20.9. The van der Waals surface area contributed by atoms with Gasteiger partial charge >= 0.3 is 12.1 Å². The van der Waals surface area contributed by atoms with Crippen molar-refractivity contribution < 1.29 is 52.7 Å². The quantitative estimate of drug-likeness (QED) is 0.0950. The lowest BCUT2D eigenvalue weighted by atomic mass is 10.2. The van der Waals surface area contributed by atoms with Gasteiger partial charge in [0.05, 0.1) is 64.8 Å². The van der Waals surface area contributed by atoms with Crippen LogP contribution in [0, 0.1) is 17.8 Å². The summed E-state index contributed by atoms with van der Waals surface area (Å²) in [5, 5.41) is 8.54. The fourth-order valence-corrected chi connectivity index (χ4v) is 10.4. The van der Waals surface area contributed by atoms with E-state index in [1.165, 1.54) is 19.0 Å². The highest BCUT2D eigenvalue weighted by Gasteiger charge is 2.39. The molecule has 3 amide bonds. The Hall–Kier alpha value is -9.08. The number of aliphatic carboxylic acids is 1. The first-order chi connectivity index (χ1) is 43.9. The Balaban J connectivity index is 0.000000135. The number of fused-ring (bicyclic) bond motifs is 3. The summed E-state index contributed by atoms with van der Waals surface area (Å²) in [6.45, 7) is 17.8. The van der Waals surface area contributed by atoms with Gasteiger partial charge in [-0.15, -0.1) is 0 Å². The summed E-state index contributed by atoms with van der Waals surface area (Å²) < 4.78 is 39.5. The van der Waals surface area contributed by atoms with Crippen LogP contribution >= 0.6 is 11.6 Å². The molecule has 3 saturated heterocycles. The lowest BCUT2D eigenvalue weighted by Crippen LogP contribution is -2.36. The molecule has 0 radical (unpaired) electrons. The molecular formula is C62H78ClN17O11. The molecule has 28 nitrogen and oxygen atoms in total. The maximum atomic E-state index is 12.3. The third-order valence-electron chi connectivity index (χ3n) is 15.7. The van der Waals surface area contributed by atoms with Crippen LogP contribution < -0.4 is 23.7 Å². The van der Waals surface area contributed by atoms with E-state index in [9.17, 15) is 19.2 Å². The third kappa shape index (κ3) is 16.7. The summed E-state index contributed by atoms with van der Waals surface area (Å²) >= 11 is 5.50. The normalized spacial score (nSPS) is 18.4. The molecular weight excluding hydrogens is 1190 g/mol. The molecule has 29 heteroatoms. The number of carbonyl (C=O) groups excluding carboxylic acids is 3. The Morgan fingerprint density at radius 1 is 0.538 bits per heavy atom. The Morgan fingerprint density at radius 3 is 1.38 bits per heavy atom. The van der Waals surface area contributed by atoms with Crippen molar-refractivity contribution >= 4 is 69.0 Å². The monoisotopic (exact) mass is 1270 g/mol. The lowest BCUT2D eigenvalue weighted by molar-refractivity contribution is -0.138. The molecule has 11 heterocycles. The third-order valence-corrected chi connectivity index (χ3v) is 15.9. The van der Waals surface area contributed by atoms with Crippen molar-refractivity contribution in [3.8, 4) is 40.7 Å². The van der Waals surface area contributed by atoms with Gasteiger partial charge in [-0.1, -0.05) is 11.6 Å². The van der Waals surface area contributed by atoms with Crippen molar-refractivity contribution in [1.82, 2.24) is 83.2 Å². The first kappa shape index (κ1) is 64.9. The average molecular weight is 1270 g/mol. The molecule has 3 saturated carbocycles. The molecule has 0 spiro atoms. The number of amides is 3. The van der Waals surface area contributed by atoms with Crippen LogP contribution in [-0.2, 0) is 38.8 Å². The molecule has 3 aliphatic heterocycles. The van der Waals surface area contributed by atoms with E-state index in [2.05, 4.69) is 49.8 Å². The lowest BCUT2D eigenvalue weighted by Gasteiger charge is -2.24. The molecule has 3 aliphatic carbocycles. The highest BCUT2D eigenvalue weighted by Crippen LogP contribution is 2.35. The minimum Gasteiger partial charge on any atom is -0.495 e. The van der Waals surface area contributed by atoms with Crippen LogP contribution in [0.3, 0.4) is 0 Å². The second-order valence-corrected chi connectivity index (χ2v) is 24.0. The fraction of sp³-hybridized carbons (Fsp3) is 0.532. The number of halogens is 1. The number of imidazole rings is 3. The number of likely N-dealkylation sites (tertiary alicyclic amines) is 3. The van der Waals surface area contributed by atoms with E-state index in [0.717, 1.165) is 107 Å². The Morgan fingerprint density at radius 2 is 0.989 bits per heavy atom. The van der Waals surface area contributed by atoms with Gasteiger partial charge in [-0.25, -0.2) is 44.7 Å². The van der Waals surface area contributed by atoms with Crippen LogP contribution in [0.15, 0.2) is 68.3 Å². The van der Waals surface area contributed by atoms with Crippen molar-refractivity contribution in [1.29, 1.82) is 0 Å². The van der Waals surface area contributed by atoms with Crippen molar-refractivity contribution in [2.45, 2.75) is 143 Å². The topological polar surface area (TPSA) is 310 Å². The van der Waals surface area contributed by atoms with Crippen LogP contribution in [-0.4, -0.2) is 190 Å². The number of aromatic nitrogens is 14. The largest absolute Gasteiger partial charge is 0.495 e. The number of carboxylic acid groups (broad SMARTS) is 1. The van der Waals surface area contributed by atoms with Crippen LogP contribution in [0.4, 0.5) is 4.79 Å². The number of hydrogen-bond acceptors (Lipinski definition) is 21. The minimum atomic E-state index is -0.630. The molecule has 484 valence electrons. The van der Waals surface area contributed by atoms with E-state index in [1.54, 1.807) is 56.3 Å². The van der Waals surface area contributed by atoms with Gasteiger partial charge in [-0.2, -0.15) is 15.0 Å². The maximum absolute atomic E-state index is 12.3. The number of ether oxygens (including phenoxy) is 6. The summed E-state index contributed by atoms with van der Waals surface area (Å²) in [5.74, 6) is 3.98. The molecule has 6 aliphatic rings. The Labute approximate surface area is 531 Å². The van der Waals surface area contributed by atoms with Gasteiger partial charge in [0.25, 0.3) is 0 Å². The summed E-state index contributed by atoms with van der Waals surface area (Å²) in [7, 11) is 3.20. The number of hydrogen-bond donors (Lipinski definition) is 1. The number of carboxylic acids is 1. The van der Waals surface area contributed by atoms with Gasteiger partial charge in [0.1, 0.15) is 65.2 Å². The number of carbonyl (C=O) groups is 4. The van der Waals surface area contributed by atoms with Crippen molar-refractivity contribution in [3.05, 3.63) is 73.4 Å². The molecule has 8 aromatic rings. The van der Waals surface area contributed by atoms with E-state index < -0.39 is 11.6 Å². The van der Waals surface area contributed by atoms with Gasteiger partial charge in [0, 0.05) is 70.4 Å². The van der Waals surface area contributed by atoms with E-state index in [4.69, 9.17) is 50.1 Å². The van der Waals surface area contributed by atoms with Crippen molar-refractivity contribution in [2.75, 3.05) is 53.5 Å². The summed E-state index contributed by atoms with van der Waals surface area (Å²) in [4.78, 5) is 99.2. The highest BCUT2D eigenvalue weighted by atomic mass is 35.5. The van der Waals surface area contributed by atoms with Gasteiger partial charge in [-0.3, -0.25) is 14.4 Å². The van der Waals surface area contributed by atoms with E-state index >= 15 is 0 Å². The zero-order valence-corrected chi connectivity index (χ0v) is 53.3. The SMILES string of the molecule is CCn1c(-c2ccc(OC)cn2)nc2c(O[C@H]3CCN(C(=O)C4CC4)C3)ncnc21.CCn1cnc2c(O[C@H]3CCN(C(=O)C4CC4)C3)ncnc21.CCn1cnc2c(O[C@H]3CCN(C(=O)OC(C)(C)C)C3)ncnc21.COc1ccc(Cl)nc1.O=C(O)C1CC1. The van der Waals surface area contributed by atoms with E-state index in [-0.39, 0.29) is 54.0 Å². The molecule has 3 atom stereocenters. The second-order valence-electron chi connectivity index (χ2n) is 23.6. The molecule has 91 heavy (non-hydrogen) atoms. The smallest absolute Gasteiger partial charge is 0.410 e. The zero-order valence-electron chi connectivity index (χ0n) is 52.6. The number of aryl methyl sites for hydroxylation is 3. The van der Waals surface area contributed by atoms with Crippen LogP contribution in [0.5, 0.6) is 29.1 Å². The summed E-state index contributed by atoms with van der Waals surface area (Å²) in [6.07, 6.45) is 19.0. The first-order valence-corrected chi connectivity index (χ1v) is 31.3. The molecule has 1 N–H and O–H groups in total. The molecule has 0 bridgehead atoms. The average Bonchev–Trinajstić information content (AvgIpc) is 1.66. The predicted octanol–water partition coefficient (Wildman–Crippen LogP) is 8.00. The van der Waals surface area contributed by atoms with Crippen LogP contribution in [0.1, 0.15) is 99.3 Å². The predicted molar refractivity (Wildman–Crippen MR) is 332 cm³/mol. The van der Waals surface area contributed by atoms with Gasteiger partial charge in [0.2, 0.25) is 29.5 Å². The Bertz CT molecular complexity index is 3790. The van der Waals surface area contributed by atoms with Gasteiger partial charge in [-0.05, 0) is 104 Å². The molecule has 0 unspecified atom stereocenters. The van der Waals surface area contributed by atoms with E-state index in [1.807, 2.05) is 77.2 Å². The fourth-order valence-electron chi connectivity index (χ4n) is 10.3. The van der Waals surface area contributed by atoms with Crippen molar-refractivity contribution in [3.63, 3.8) is 0 Å². The number of nitrogens with zero attached hydrogens (tertiary/aromatic N) is 17. The standard InChI is InChI=1S/C21H24N6O3.C16H23N5O3.C15H19N5O2.C6H6ClNO.C4H6O2/c1-3-27-18(16-7-6-14(29-2)10-22-16)25-17-19(27)23-12-24-20(17)30-15-8-9-26(11-15)21(28)13-4-5-13;1-5-20-10-19-12-13(20)17-9-18-14(12)23-11-6-7-21(8-11)15(22)24-16(2,3)4;1-2-19-9-18-12-13(19)16-8-17-14(12)22-11-5-6-20(7-11)15(21)10-3-4-10;1-9-5-2-3-6(7)8-4-5;5-4(6)3-1-2-3/h6-7,10,12-13,15H,3-5,8-9,11H2,1-2H3;9-11H,5-8H2,1-4H3;8-11H,2-7H2,1H3;2-4H,1H3;3H,1-2H2,(H,5,6)/t15-;2*11-;;/m000../s1. The van der Waals surface area contributed by atoms with Crippen LogP contribution in [0.2, 0.25) is 5.15 Å². The van der Waals surface area contributed by atoms with Crippen LogP contribution in [0.25, 0.3) is 45.0 Å². The number of methoxy groups -OCH3 is 2. The van der Waals surface area contributed by atoms with E-state index in [0.29, 0.717) is 89.3 Å². The van der Waals surface area contributed by atoms with Gasteiger partial charge in [0.15, 0.2) is 39.3 Å². The molecule has 14 rings (SSSR count). The summed E-state index contributed by atoms with van der Waals surface area (Å²) in [5.41, 5.74) is 4.43. The molecule has 8 aromatic heterocycles.